The van der Waals surface area contributed by atoms with Crippen molar-refractivity contribution in [2.45, 2.75) is 40.5 Å². The van der Waals surface area contributed by atoms with Crippen LogP contribution in [0.1, 0.15) is 40.5 Å². The molecule has 4 rings (SSSR count). The van der Waals surface area contributed by atoms with E-state index in [9.17, 15) is 0 Å². The number of aromatic nitrogens is 4. The van der Waals surface area contributed by atoms with E-state index >= 15 is 0 Å². The van der Waals surface area contributed by atoms with Gasteiger partial charge in [-0.05, 0) is 46.8 Å². The van der Waals surface area contributed by atoms with Crippen molar-refractivity contribution in [3.63, 3.8) is 0 Å². The maximum atomic E-state index is 4.87. The molecule has 2 aromatic heterocycles. The molecule has 0 radical (unpaired) electrons. The maximum absolute atomic E-state index is 4.87. The van der Waals surface area contributed by atoms with E-state index in [4.69, 9.17) is 14.6 Å². The van der Waals surface area contributed by atoms with E-state index in [2.05, 4.69) is 47.8 Å². The van der Waals surface area contributed by atoms with Gasteiger partial charge in [-0.25, -0.2) is 14.6 Å². The predicted octanol–water partition coefficient (Wildman–Crippen LogP) is 2.98. The summed E-state index contributed by atoms with van der Waals surface area (Å²) in [6.45, 7) is 13.3. The summed E-state index contributed by atoms with van der Waals surface area (Å²) in [6, 6.07) is 0. The Morgan fingerprint density at radius 2 is 1.04 bits per heavy atom. The highest BCUT2D eigenvalue weighted by atomic mass is 16.6. The summed E-state index contributed by atoms with van der Waals surface area (Å²) in [6.07, 6.45) is 2.54. The van der Waals surface area contributed by atoms with Gasteiger partial charge in [0.2, 0.25) is 11.3 Å². The van der Waals surface area contributed by atoms with Gasteiger partial charge in [-0.2, -0.15) is 0 Å². The topological polar surface area (TPSA) is 71.2 Å². The van der Waals surface area contributed by atoms with E-state index in [0.717, 1.165) is 37.8 Å². The van der Waals surface area contributed by atoms with Crippen molar-refractivity contribution in [1.29, 1.82) is 0 Å². The van der Waals surface area contributed by atoms with Crippen LogP contribution in [-0.2, 0) is 0 Å². The van der Waals surface area contributed by atoms with Crippen molar-refractivity contribution in [2.24, 2.45) is 23.7 Å². The first-order valence-corrected chi connectivity index (χ1v) is 9.49. The van der Waals surface area contributed by atoms with Gasteiger partial charge in [-0.15, -0.1) is 0 Å². The van der Waals surface area contributed by atoms with Crippen LogP contribution in [0.2, 0.25) is 0 Å². The summed E-state index contributed by atoms with van der Waals surface area (Å²) in [7, 11) is 0. The Bertz CT molecular complexity index is 666. The van der Waals surface area contributed by atoms with Crippen LogP contribution < -0.4 is 9.80 Å². The molecule has 0 saturated carbocycles. The van der Waals surface area contributed by atoms with E-state index in [1.54, 1.807) is 0 Å². The average molecular weight is 344 g/mol. The van der Waals surface area contributed by atoms with Gasteiger partial charge in [0.1, 0.15) is 0 Å². The fraction of sp³-hybridized carbons (Fsp3) is 0.778. The second-order valence-electron chi connectivity index (χ2n) is 8.48. The van der Waals surface area contributed by atoms with Crippen molar-refractivity contribution < 1.29 is 4.63 Å². The van der Waals surface area contributed by atoms with Crippen molar-refractivity contribution in [3.05, 3.63) is 0 Å². The Kier molecular flexibility index (Phi) is 4.25. The molecule has 4 atom stereocenters. The van der Waals surface area contributed by atoms with E-state index in [-0.39, 0.29) is 0 Å². The maximum Gasteiger partial charge on any atom is 0.245 e. The number of fused-ring (bicyclic) bond motifs is 1. The zero-order chi connectivity index (χ0) is 17.6. The Hall–Kier alpha value is -1.92. The second kappa shape index (κ2) is 6.42. The fourth-order valence-corrected chi connectivity index (χ4v) is 4.72. The minimum Gasteiger partial charge on any atom is -0.353 e. The standard InChI is InChI=1S/C18H28N6O/c1-11-5-12(2)8-23(7-11)17-18(20-16-15(19-17)21-25-22-16)24-9-13(3)6-14(4)10-24/h11-14H,5-10H2,1-4H3/t11-,12-,13-,14+/m1/s1. The molecule has 7 nitrogen and oxygen atoms in total. The molecule has 0 N–H and O–H groups in total. The Morgan fingerprint density at radius 1 is 0.680 bits per heavy atom. The lowest BCUT2D eigenvalue weighted by molar-refractivity contribution is 0.314. The molecular formula is C18H28N6O. The smallest absolute Gasteiger partial charge is 0.245 e. The SMILES string of the molecule is C[C@@H]1C[C@@H](C)CN(c2nc3nonc3nc2N2C[C@H](C)C[C@H](C)C2)C1. The van der Waals surface area contributed by atoms with Crippen LogP contribution in [0.25, 0.3) is 11.3 Å². The summed E-state index contributed by atoms with van der Waals surface area (Å²) in [5, 5.41) is 7.85. The summed E-state index contributed by atoms with van der Waals surface area (Å²) < 4.78 is 4.87. The van der Waals surface area contributed by atoms with E-state index in [1.165, 1.54) is 12.8 Å². The van der Waals surface area contributed by atoms with Crippen LogP contribution in [0.4, 0.5) is 11.6 Å². The van der Waals surface area contributed by atoms with Crippen LogP contribution in [0.15, 0.2) is 4.63 Å². The third-order valence-electron chi connectivity index (χ3n) is 5.41. The van der Waals surface area contributed by atoms with Gasteiger partial charge in [-0.3, -0.25) is 0 Å². The minimum absolute atomic E-state index is 0.503. The number of hydrogen-bond donors (Lipinski definition) is 0. The molecule has 0 unspecified atom stereocenters. The van der Waals surface area contributed by atoms with Gasteiger partial charge in [0.25, 0.3) is 0 Å². The lowest BCUT2D eigenvalue weighted by atomic mass is 9.91. The number of nitrogens with zero attached hydrogens (tertiary/aromatic N) is 6. The van der Waals surface area contributed by atoms with E-state index in [0.29, 0.717) is 35.0 Å². The van der Waals surface area contributed by atoms with Crippen molar-refractivity contribution in [1.82, 2.24) is 20.3 Å². The molecule has 2 fully saturated rings. The summed E-state index contributed by atoms with van der Waals surface area (Å²) in [4.78, 5) is 14.4. The lowest BCUT2D eigenvalue weighted by Crippen LogP contribution is -2.43. The Labute approximate surface area is 148 Å². The van der Waals surface area contributed by atoms with Crippen LogP contribution in [0, 0.1) is 23.7 Å². The first-order valence-electron chi connectivity index (χ1n) is 9.49. The molecule has 2 saturated heterocycles. The highest BCUT2D eigenvalue weighted by Gasteiger charge is 2.31. The average Bonchev–Trinajstić information content (AvgIpc) is 2.99. The molecule has 2 aliphatic rings. The molecule has 0 amide bonds. The number of rotatable bonds is 2. The summed E-state index contributed by atoms with van der Waals surface area (Å²) in [5.74, 6) is 4.52. The monoisotopic (exact) mass is 344 g/mol. The zero-order valence-corrected chi connectivity index (χ0v) is 15.6. The molecular weight excluding hydrogens is 316 g/mol. The Balaban J connectivity index is 1.76. The quantitative estimate of drug-likeness (QED) is 0.829. The van der Waals surface area contributed by atoms with Crippen LogP contribution in [-0.4, -0.2) is 46.5 Å². The number of anilines is 2. The third kappa shape index (κ3) is 3.28. The fourth-order valence-electron chi connectivity index (χ4n) is 4.72. The predicted molar refractivity (Wildman–Crippen MR) is 97.7 cm³/mol. The van der Waals surface area contributed by atoms with Crippen LogP contribution in [0.3, 0.4) is 0 Å². The normalized spacial score (nSPS) is 30.9. The molecule has 0 aliphatic carbocycles. The number of hydrogen-bond acceptors (Lipinski definition) is 7. The largest absolute Gasteiger partial charge is 0.353 e. The van der Waals surface area contributed by atoms with E-state index < -0.39 is 0 Å². The number of piperidine rings is 2. The molecule has 7 heteroatoms. The van der Waals surface area contributed by atoms with Crippen molar-refractivity contribution >= 4 is 22.9 Å². The molecule has 0 aromatic carbocycles. The van der Waals surface area contributed by atoms with Crippen molar-refractivity contribution in [3.8, 4) is 0 Å². The summed E-state index contributed by atoms with van der Waals surface area (Å²) in [5.41, 5.74) is 1.01. The van der Waals surface area contributed by atoms with Gasteiger partial charge in [0.15, 0.2) is 11.6 Å². The van der Waals surface area contributed by atoms with Gasteiger partial charge >= 0.3 is 0 Å². The molecule has 2 aromatic rings. The third-order valence-corrected chi connectivity index (χ3v) is 5.41. The van der Waals surface area contributed by atoms with Gasteiger partial charge in [0, 0.05) is 26.2 Å². The molecule has 25 heavy (non-hydrogen) atoms. The first kappa shape index (κ1) is 16.5. The summed E-state index contributed by atoms with van der Waals surface area (Å²) >= 11 is 0. The lowest BCUT2D eigenvalue weighted by Gasteiger charge is -2.40. The first-order chi connectivity index (χ1) is 12.0. The second-order valence-corrected chi connectivity index (χ2v) is 8.48. The van der Waals surface area contributed by atoms with Crippen LogP contribution >= 0.6 is 0 Å². The highest BCUT2D eigenvalue weighted by molar-refractivity contribution is 5.75. The molecule has 4 heterocycles. The molecule has 0 spiro atoms. The van der Waals surface area contributed by atoms with E-state index in [1.807, 2.05) is 0 Å². The zero-order valence-electron chi connectivity index (χ0n) is 15.6. The minimum atomic E-state index is 0.503. The van der Waals surface area contributed by atoms with Crippen LogP contribution in [0.5, 0.6) is 0 Å². The van der Waals surface area contributed by atoms with Gasteiger partial charge < -0.3 is 9.80 Å². The van der Waals surface area contributed by atoms with Gasteiger partial charge in [0.05, 0.1) is 0 Å². The van der Waals surface area contributed by atoms with Crippen molar-refractivity contribution in [2.75, 3.05) is 36.0 Å². The van der Waals surface area contributed by atoms with Gasteiger partial charge in [-0.1, -0.05) is 27.7 Å². The molecule has 2 aliphatic heterocycles. The Morgan fingerprint density at radius 3 is 1.40 bits per heavy atom. The molecule has 136 valence electrons. The highest BCUT2D eigenvalue weighted by Crippen LogP contribution is 2.35. The molecule has 0 bridgehead atoms.